The Hall–Kier alpha value is -2.41. The zero-order valence-corrected chi connectivity index (χ0v) is 19.6. The molecule has 3 aliphatic rings. The van der Waals surface area contributed by atoms with Crippen LogP contribution in [0.15, 0.2) is 48.5 Å². The number of fused-ring (bicyclic) bond motifs is 5. The van der Waals surface area contributed by atoms with E-state index >= 15 is 0 Å². The fourth-order valence-electron chi connectivity index (χ4n) is 6.26. The van der Waals surface area contributed by atoms with E-state index in [9.17, 15) is 9.90 Å². The number of hydrogen-bond donors (Lipinski definition) is 1. The molecule has 2 unspecified atom stereocenters. The van der Waals surface area contributed by atoms with Gasteiger partial charge in [-0.25, -0.2) is 4.79 Å². The molecule has 2 saturated heterocycles. The summed E-state index contributed by atoms with van der Waals surface area (Å²) in [5.41, 5.74) is 3.93. The number of benzene rings is 2. The summed E-state index contributed by atoms with van der Waals surface area (Å²) in [7, 11) is 3.18. The Morgan fingerprint density at radius 3 is 2.03 bits per heavy atom. The third-order valence-corrected chi connectivity index (χ3v) is 7.91. The molecule has 6 nitrogen and oxygen atoms in total. The molecule has 33 heavy (non-hydrogen) atoms. The minimum atomic E-state index is -0.924. The molecule has 0 saturated carbocycles. The van der Waals surface area contributed by atoms with E-state index < -0.39 is 11.4 Å². The highest BCUT2D eigenvalue weighted by atomic mass is 16.7. The number of amides is 1. The Morgan fingerprint density at radius 2 is 1.52 bits per heavy atom. The number of nitrogens with zero attached hydrogens (tertiary/aromatic N) is 1. The smallest absolute Gasteiger partial charge is 0.410 e. The topological polar surface area (TPSA) is 68.2 Å². The summed E-state index contributed by atoms with van der Waals surface area (Å²) in [6.07, 6.45) is 2.89. The number of carbonyl (C=O) groups excluding carboxylic acids is 1. The first-order valence-corrected chi connectivity index (χ1v) is 11.8. The molecule has 5 rings (SSSR count). The van der Waals surface area contributed by atoms with E-state index in [-0.39, 0.29) is 24.1 Å². The molecule has 0 aromatic heterocycles. The molecule has 2 aliphatic heterocycles. The van der Waals surface area contributed by atoms with Crippen LogP contribution < -0.4 is 0 Å². The molecule has 1 aliphatic carbocycles. The lowest BCUT2D eigenvalue weighted by molar-refractivity contribution is -0.230. The standard InChI is InChI=1S/C27H33NO5/c1-26(31-2,32-3)17-27(30)14-18-12-13-19(15-27)28(18)25(29)33-16-24-22-10-6-4-8-20(22)21-9-5-7-11-23(21)24/h4-11,18-19,24,30H,12-17H2,1-3H3. The summed E-state index contributed by atoms with van der Waals surface area (Å²) >= 11 is 0. The highest BCUT2D eigenvalue weighted by Gasteiger charge is 2.52. The first-order chi connectivity index (χ1) is 15.9. The quantitative estimate of drug-likeness (QED) is 0.645. The molecule has 2 fully saturated rings. The lowest BCUT2D eigenvalue weighted by atomic mass is 9.81. The summed E-state index contributed by atoms with van der Waals surface area (Å²) in [5, 5.41) is 11.3. The summed E-state index contributed by atoms with van der Waals surface area (Å²) in [5.74, 6) is -0.801. The maximum atomic E-state index is 13.2. The Bertz CT molecular complexity index is 973. The molecule has 2 bridgehead atoms. The van der Waals surface area contributed by atoms with Crippen LogP contribution in [-0.4, -0.2) is 60.4 Å². The van der Waals surface area contributed by atoms with E-state index in [0.29, 0.717) is 25.9 Å². The number of methoxy groups -OCH3 is 2. The average molecular weight is 452 g/mol. The SMILES string of the molecule is COC(C)(CC1(O)CC2CCC(C1)N2C(=O)OCC1c2ccccc2-c2ccccc21)OC. The first kappa shape index (κ1) is 22.4. The van der Waals surface area contributed by atoms with Crippen LogP contribution in [0.3, 0.4) is 0 Å². The number of piperidine rings is 1. The maximum absolute atomic E-state index is 13.2. The highest BCUT2D eigenvalue weighted by molar-refractivity contribution is 5.79. The second-order valence-electron chi connectivity index (χ2n) is 9.95. The summed E-state index contributed by atoms with van der Waals surface area (Å²) < 4.78 is 16.9. The second-order valence-corrected chi connectivity index (χ2v) is 9.95. The number of carbonyl (C=O) groups is 1. The van der Waals surface area contributed by atoms with E-state index in [4.69, 9.17) is 14.2 Å². The van der Waals surface area contributed by atoms with Crippen LogP contribution >= 0.6 is 0 Å². The van der Waals surface area contributed by atoms with Crippen molar-refractivity contribution in [2.45, 2.75) is 68.4 Å². The zero-order valence-electron chi connectivity index (χ0n) is 19.6. The molecule has 2 atom stereocenters. The lowest BCUT2D eigenvalue weighted by Gasteiger charge is -2.45. The maximum Gasteiger partial charge on any atom is 0.410 e. The van der Waals surface area contributed by atoms with Gasteiger partial charge in [-0.3, -0.25) is 0 Å². The molecule has 176 valence electrons. The van der Waals surface area contributed by atoms with Crippen LogP contribution in [0.2, 0.25) is 0 Å². The number of ether oxygens (including phenoxy) is 3. The summed E-state index contributed by atoms with van der Waals surface area (Å²) in [6.45, 7) is 2.16. The minimum absolute atomic E-state index is 0.0256. The molecular weight excluding hydrogens is 418 g/mol. The Morgan fingerprint density at radius 1 is 1.00 bits per heavy atom. The highest BCUT2D eigenvalue weighted by Crippen LogP contribution is 2.46. The molecule has 2 heterocycles. The van der Waals surface area contributed by atoms with Crippen molar-refractivity contribution < 1.29 is 24.1 Å². The average Bonchev–Trinajstić information content (AvgIpc) is 3.29. The van der Waals surface area contributed by atoms with Gasteiger partial charge in [-0.15, -0.1) is 0 Å². The first-order valence-electron chi connectivity index (χ1n) is 11.8. The Labute approximate surface area is 195 Å². The number of rotatable bonds is 6. The predicted molar refractivity (Wildman–Crippen MR) is 125 cm³/mol. The van der Waals surface area contributed by atoms with Crippen molar-refractivity contribution in [1.29, 1.82) is 0 Å². The lowest BCUT2D eigenvalue weighted by Crippen LogP contribution is -2.55. The van der Waals surface area contributed by atoms with Crippen molar-refractivity contribution in [3.8, 4) is 11.1 Å². The fraction of sp³-hybridized carbons (Fsp3) is 0.519. The molecular formula is C27H33NO5. The van der Waals surface area contributed by atoms with Crippen LogP contribution in [0.25, 0.3) is 11.1 Å². The van der Waals surface area contributed by atoms with E-state index in [2.05, 4.69) is 36.4 Å². The summed E-state index contributed by atoms with van der Waals surface area (Å²) in [6, 6.07) is 16.7. The minimum Gasteiger partial charge on any atom is -0.448 e. The van der Waals surface area contributed by atoms with Crippen LogP contribution in [0.5, 0.6) is 0 Å². The molecule has 1 N–H and O–H groups in total. The fourth-order valence-corrected chi connectivity index (χ4v) is 6.26. The number of hydrogen-bond acceptors (Lipinski definition) is 5. The van der Waals surface area contributed by atoms with Gasteiger partial charge in [-0.05, 0) is 54.9 Å². The van der Waals surface area contributed by atoms with E-state index in [1.54, 1.807) is 14.2 Å². The molecule has 0 spiro atoms. The van der Waals surface area contributed by atoms with Crippen molar-refractivity contribution in [2.24, 2.45) is 0 Å². The van der Waals surface area contributed by atoms with Gasteiger partial charge in [-0.1, -0.05) is 48.5 Å². The van der Waals surface area contributed by atoms with Gasteiger partial charge in [0.25, 0.3) is 0 Å². The molecule has 2 aromatic carbocycles. The molecule has 0 radical (unpaired) electrons. The molecule has 6 heteroatoms. The largest absolute Gasteiger partial charge is 0.448 e. The summed E-state index contributed by atoms with van der Waals surface area (Å²) in [4.78, 5) is 15.1. The van der Waals surface area contributed by atoms with Gasteiger partial charge in [0.05, 0.1) is 5.60 Å². The second kappa shape index (κ2) is 8.42. The van der Waals surface area contributed by atoms with Gasteiger partial charge in [0.1, 0.15) is 6.61 Å². The van der Waals surface area contributed by atoms with E-state index in [0.717, 1.165) is 12.8 Å². The van der Waals surface area contributed by atoms with Crippen LogP contribution in [0.4, 0.5) is 4.79 Å². The Kier molecular flexibility index (Phi) is 5.71. The van der Waals surface area contributed by atoms with Crippen LogP contribution in [-0.2, 0) is 14.2 Å². The molecule has 2 aromatic rings. The van der Waals surface area contributed by atoms with Crippen molar-refractivity contribution >= 4 is 6.09 Å². The Balaban J connectivity index is 1.28. The van der Waals surface area contributed by atoms with Crippen LogP contribution in [0.1, 0.15) is 56.1 Å². The van der Waals surface area contributed by atoms with E-state index in [1.807, 2.05) is 24.0 Å². The third-order valence-electron chi connectivity index (χ3n) is 7.91. The van der Waals surface area contributed by atoms with E-state index in [1.165, 1.54) is 22.3 Å². The third kappa shape index (κ3) is 3.94. The van der Waals surface area contributed by atoms with Crippen LogP contribution in [0, 0.1) is 0 Å². The van der Waals surface area contributed by atoms with Gasteiger partial charge in [0.15, 0.2) is 5.79 Å². The van der Waals surface area contributed by atoms with Crippen molar-refractivity contribution in [2.75, 3.05) is 20.8 Å². The van der Waals surface area contributed by atoms with Gasteiger partial charge in [-0.2, -0.15) is 0 Å². The van der Waals surface area contributed by atoms with Gasteiger partial charge in [0.2, 0.25) is 0 Å². The van der Waals surface area contributed by atoms with Crippen molar-refractivity contribution in [3.63, 3.8) is 0 Å². The number of aliphatic hydroxyl groups is 1. The normalized spacial score (nSPS) is 26.2. The monoisotopic (exact) mass is 451 g/mol. The van der Waals surface area contributed by atoms with Crippen molar-refractivity contribution in [1.82, 2.24) is 4.90 Å². The van der Waals surface area contributed by atoms with Gasteiger partial charge >= 0.3 is 6.09 Å². The van der Waals surface area contributed by atoms with Crippen molar-refractivity contribution in [3.05, 3.63) is 59.7 Å². The van der Waals surface area contributed by atoms with Gasteiger partial charge in [0, 0.05) is 38.6 Å². The predicted octanol–water partition coefficient (Wildman–Crippen LogP) is 4.69. The van der Waals surface area contributed by atoms with Gasteiger partial charge < -0.3 is 24.2 Å². The molecule has 1 amide bonds. The zero-order chi connectivity index (χ0) is 23.2.